The zero-order chi connectivity index (χ0) is 21.7. The molecule has 156 valence electrons. The number of esters is 1. The lowest BCUT2D eigenvalue weighted by Crippen LogP contribution is -2.36. The van der Waals surface area contributed by atoms with Crippen LogP contribution in [-0.4, -0.2) is 41.6 Å². The molecule has 0 bridgehead atoms. The van der Waals surface area contributed by atoms with Gasteiger partial charge in [0.25, 0.3) is 11.6 Å². The topological polar surface area (TPSA) is 108 Å². The smallest absolute Gasteiger partial charge is 0.331 e. The van der Waals surface area contributed by atoms with Crippen LogP contribution >= 0.6 is 0 Å². The standard InChI is InChI=1S/C21H20N2O7/c1-14(21(25)22(2)12-15-6-4-3-5-7-15)30-20(24)9-8-16-10-18-19(29-13-28-18)11-17(16)23(26)27/h3-11,14H,12-13H2,1-2H3/b9-8+/t14-/m0/s1. The Morgan fingerprint density at radius 2 is 1.90 bits per heavy atom. The molecule has 0 N–H and O–H groups in total. The van der Waals surface area contributed by atoms with E-state index in [0.717, 1.165) is 11.6 Å². The normalized spacial score (nSPS) is 13.1. The number of nitrogens with zero attached hydrogens (tertiary/aromatic N) is 2. The van der Waals surface area contributed by atoms with Crippen LogP contribution in [0.1, 0.15) is 18.1 Å². The Morgan fingerprint density at radius 1 is 1.23 bits per heavy atom. The third-order valence-corrected chi connectivity index (χ3v) is 4.40. The molecule has 0 radical (unpaired) electrons. The maximum Gasteiger partial charge on any atom is 0.331 e. The van der Waals surface area contributed by atoms with Gasteiger partial charge in [0.15, 0.2) is 17.6 Å². The second kappa shape index (κ2) is 9.08. The van der Waals surface area contributed by atoms with Crippen molar-refractivity contribution in [3.05, 3.63) is 69.8 Å². The minimum Gasteiger partial charge on any atom is -0.454 e. The average Bonchev–Trinajstić information content (AvgIpc) is 3.19. The summed E-state index contributed by atoms with van der Waals surface area (Å²) < 4.78 is 15.5. The zero-order valence-electron chi connectivity index (χ0n) is 16.4. The van der Waals surface area contributed by atoms with Gasteiger partial charge in [0.1, 0.15) is 0 Å². The molecule has 0 unspecified atom stereocenters. The zero-order valence-corrected chi connectivity index (χ0v) is 16.4. The molecule has 0 fully saturated rings. The number of hydrogen-bond donors (Lipinski definition) is 0. The summed E-state index contributed by atoms with van der Waals surface area (Å²) in [4.78, 5) is 36.7. The Labute approximate surface area is 172 Å². The molecule has 1 amide bonds. The summed E-state index contributed by atoms with van der Waals surface area (Å²) in [5, 5.41) is 11.3. The van der Waals surface area contributed by atoms with Crippen LogP contribution in [0, 0.1) is 10.1 Å². The summed E-state index contributed by atoms with van der Waals surface area (Å²) in [7, 11) is 1.62. The minimum atomic E-state index is -1.01. The predicted octanol–water partition coefficient (Wildman–Crippen LogP) is 2.93. The number of carbonyl (C=O) groups is 2. The van der Waals surface area contributed by atoms with Crippen molar-refractivity contribution in [3.8, 4) is 11.5 Å². The lowest BCUT2D eigenvalue weighted by molar-refractivity contribution is -0.385. The van der Waals surface area contributed by atoms with Crippen molar-refractivity contribution in [2.45, 2.75) is 19.6 Å². The van der Waals surface area contributed by atoms with Crippen molar-refractivity contribution in [1.82, 2.24) is 4.90 Å². The van der Waals surface area contributed by atoms with Crippen LogP contribution in [-0.2, 0) is 20.9 Å². The summed E-state index contributed by atoms with van der Waals surface area (Å²) in [6.45, 7) is 1.82. The highest BCUT2D eigenvalue weighted by molar-refractivity contribution is 5.91. The Kier molecular flexibility index (Phi) is 6.31. The molecule has 0 saturated carbocycles. The fourth-order valence-corrected chi connectivity index (χ4v) is 2.91. The number of likely N-dealkylation sites (N-methyl/N-ethyl adjacent to an activating group) is 1. The average molecular weight is 412 g/mol. The second-order valence-electron chi connectivity index (χ2n) is 6.61. The summed E-state index contributed by atoms with van der Waals surface area (Å²) in [6.07, 6.45) is 1.27. The third-order valence-electron chi connectivity index (χ3n) is 4.40. The van der Waals surface area contributed by atoms with Crippen molar-refractivity contribution in [2.24, 2.45) is 0 Å². The lowest BCUT2D eigenvalue weighted by atomic mass is 10.1. The van der Waals surface area contributed by atoms with Gasteiger partial charge in [-0.05, 0) is 24.6 Å². The Morgan fingerprint density at radius 3 is 2.57 bits per heavy atom. The van der Waals surface area contributed by atoms with Gasteiger partial charge in [-0.1, -0.05) is 30.3 Å². The van der Waals surface area contributed by atoms with Crippen LogP contribution in [0.15, 0.2) is 48.5 Å². The first-order chi connectivity index (χ1) is 14.3. The van der Waals surface area contributed by atoms with E-state index >= 15 is 0 Å². The fourth-order valence-electron chi connectivity index (χ4n) is 2.91. The van der Waals surface area contributed by atoms with Crippen LogP contribution in [0.4, 0.5) is 5.69 Å². The molecule has 1 aliphatic rings. The first-order valence-corrected chi connectivity index (χ1v) is 9.11. The van der Waals surface area contributed by atoms with Gasteiger partial charge in [0.2, 0.25) is 6.79 Å². The van der Waals surface area contributed by atoms with E-state index < -0.39 is 17.0 Å². The molecule has 9 heteroatoms. The molecule has 0 aromatic heterocycles. The van der Waals surface area contributed by atoms with Gasteiger partial charge in [-0.3, -0.25) is 14.9 Å². The van der Waals surface area contributed by atoms with E-state index in [9.17, 15) is 19.7 Å². The van der Waals surface area contributed by atoms with Crippen molar-refractivity contribution < 1.29 is 28.7 Å². The van der Waals surface area contributed by atoms with E-state index in [-0.39, 0.29) is 29.7 Å². The van der Waals surface area contributed by atoms with Crippen molar-refractivity contribution in [2.75, 3.05) is 13.8 Å². The summed E-state index contributed by atoms with van der Waals surface area (Å²) in [5.74, 6) is -0.549. The van der Waals surface area contributed by atoms with E-state index in [1.165, 1.54) is 30.0 Å². The summed E-state index contributed by atoms with van der Waals surface area (Å²) in [6, 6.07) is 12.1. The van der Waals surface area contributed by atoms with Gasteiger partial charge in [-0.15, -0.1) is 0 Å². The van der Waals surface area contributed by atoms with Gasteiger partial charge in [0.05, 0.1) is 16.6 Å². The van der Waals surface area contributed by atoms with E-state index in [1.54, 1.807) is 7.05 Å². The van der Waals surface area contributed by atoms with Crippen molar-refractivity contribution >= 4 is 23.6 Å². The SMILES string of the molecule is C[C@H](OC(=O)/C=C/c1cc2c(cc1[N+](=O)[O-])OCO2)C(=O)N(C)Cc1ccccc1. The molecule has 1 heterocycles. The number of fused-ring (bicyclic) bond motifs is 1. The van der Waals surface area contributed by atoms with Crippen molar-refractivity contribution in [3.63, 3.8) is 0 Å². The molecule has 0 spiro atoms. The van der Waals surface area contributed by atoms with Crippen molar-refractivity contribution in [1.29, 1.82) is 0 Å². The lowest BCUT2D eigenvalue weighted by Gasteiger charge is -2.21. The van der Waals surface area contributed by atoms with Crippen LogP contribution in [0.25, 0.3) is 6.08 Å². The fraction of sp³-hybridized carbons (Fsp3) is 0.238. The highest BCUT2D eigenvalue weighted by Crippen LogP contribution is 2.38. The summed E-state index contributed by atoms with van der Waals surface area (Å²) >= 11 is 0. The van der Waals surface area contributed by atoms with Gasteiger partial charge in [-0.25, -0.2) is 4.79 Å². The van der Waals surface area contributed by atoms with Gasteiger partial charge in [0, 0.05) is 19.7 Å². The molecule has 0 saturated heterocycles. The van der Waals surface area contributed by atoms with E-state index in [4.69, 9.17) is 14.2 Å². The molecule has 0 aliphatic carbocycles. The van der Waals surface area contributed by atoms with Gasteiger partial charge < -0.3 is 19.1 Å². The largest absolute Gasteiger partial charge is 0.454 e. The Hall–Kier alpha value is -3.88. The van der Waals surface area contributed by atoms with Crippen LogP contribution < -0.4 is 9.47 Å². The number of carbonyl (C=O) groups excluding carboxylic acids is 2. The van der Waals surface area contributed by atoms with Gasteiger partial charge >= 0.3 is 5.97 Å². The first-order valence-electron chi connectivity index (χ1n) is 9.11. The third kappa shape index (κ3) is 4.93. The molecular formula is C21H20N2O7. The molecule has 1 atom stereocenters. The van der Waals surface area contributed by atoms with E-state index in [0.29, 0.717) is 12.3 Å². The molecule has 9 nitrogen and oxygen atoms in total. The molecule has 30 heavy (non-hydrogen) atoms. The molecule has 2 aromatic carbocycles. The Balaban J connectivity index is 1.63. The molecule has 3 rings (SSSR count). The number of nitro benzene ring substituents is 1. The number of hydrogen-bond acceptors (Lipinski definition) is 7. The number of rotatable bonds is 7. The van der Waals surface area contributed by atoms with Crippen LogP contribution in [0.3, 0.4) is 0 Å². The predicted molar refractivity (Wildman–Crippen MR) is 107 cm³/mol. The monoisotopic (exact) mass is 412 g/mol. The highest BCUT2D eigenvalue weighted by Gasteiger charge is 2.23. The second-order valence-corrected chi connectivity index (χ2v) is 6.61. The highest BCUT2D eigenvalue weighted by atomic mass is 16.7. The summed E-state index contributed by atoms with van der Waals surface area (Å²) in [5.41, 5.74) is 0.860. The molecule has 2 aromatic rings. The number of amides is 1. The number of benzene rings is 2. The van der Waals surface area contributed by atoms with Crippen LogP contribution in [0.5, 0.6) is 11.5 Å². The van der Waals surface area contributed by atoms with Crippen LogP contribution in [0.2, 0.25) is 0 Å². The maximum atomic E-state index is 12.4. The molecular weight excluding hydrogens is 392 g/mol. The number of nitro groups is 1. The van der Waals surface area contributed by atoms with Gasteiger partial charge in [-0.2, -0.15) is 0 Å². The Bertz CT molecular complexity index is 988. The minimum absolute atomic E-state index is 0.0299. The quantitative estimate of drug-likeness (QED) is 0.298. The van der Waals surface area contributed by atoms with E-state index in [1.807, 2.05) is 30.3 Å². The first kappa shape index (κ1) is 20.8. The maximum absolute atomic E-state index is 12.4. The molecule has 1 aliphatic heterocycles. The number of ether oxygens (including phenoxy) is 3. The van der Waals surface area contributed by atoms with E-state index in [2.05, 4.69) is 0 Å².